The zero-order chi connectivity index (χ0) is 21.8. The molecule has 1 aromatic carbocycles. The van der Waals surface area contributed by atoms with Crippen molar-refractivity contribution >= 4 is 50.9 Å². The fourth-order valence-corrected chi connectivity index (χ4v) is 3.71. The van der Waals surface area contributed by atoms with Crippen molar-refractivity contribution in [3.05, 3.63) is 45.0 Å². The van der Waals surface area contributed by atoms with E-state index in [4.69, 9.17) is 4.74 Å². The third-order valence-corrected chi connectivity index (χ3v) is 5.77. The highest BCUT2D eigenvalue weighted by Gasteiger charge is 2.32. The van der Waals surface area contributed by atoms with E-state index in [0.717, 1.165) is 28.8 Å². The Morgan fingerprint density at radius 2 is 2.00 bits per heavy atom. The quantitative estimate of drug-likeness (QED) is 0.552. The second-order valence-corrected chi connectivity index (χ2v) is 8.91. The summed E-state index contributed by atoms with van der Waals surface area (Å²) < 4.78 is 6.29. The van der Waals surface area contributed by atoms with Crippen molar-refractivity contribution < 1.29 is 19.4 Å². The van der Waals surface area contributed by atoms with Crippen LogP contribution in [0.1, 0.15) is 25.0 Å². The molecule has 30 heavy (non-hydrogen) atoms. The highest BCUT2D eigenvalue weighted by molar-refractivity contribution is 9.10. The van der Waals surface area contributed by atoms with Crippen molar-refractivity contribution in [3.63, 3.8) is 0 Å². The molecule has 1 aromatic heterocycles. The molecular weight excluding hydrogens is 472 g/mol. The van der Waals surface area contributed by atoms with E-state index in [1.54, 1.807) is 24.5 Å². The van der Waals surface area contributed by atoms with Crippen LogP contribution >= 0.6 is 27.7 Å². The van der Waals surface area contributed by atoms with Gasteiger partial charge in [0.2, 0.25) is 5.95 Å². The molecule has 158 valence electrons. The van der Waals surface area contributed by atoms with Crippen LogP contribution in [0.4, 0.5) is 10.7 Å². The van der Waals surface area contributed by atoms with Gasteiger partial charge >= 0.3 is 0 Å². The number of aromatic nitrogens is 2. The van der Waals surface area contributed by atoms with Gasteiger partial charge in [-0.15, -0.1) is 0 Å². The molecule has 2 aromatic rings. The average Bonchev–Trinajstić information content (AvgIpc) is 2.95. The van der Waals surface area contributed by atoms with Crippen LogP contribution in [0.15, 0.2) is 33.9 Å². The lowest BCUT2D eigenvalue weighted by Gasteiger charge is -2.11. The summed E-state index contributed by atoms with van der Waals surface area (Å²) in [6.45, 7) is 5.14. The van der Waals surface area contributed by atoms with Crippen LogP contribution in [0.3, 0.4) is 0 Å². The molecule has 3 rings (SSSR count). The number of benzene rings is 1. The summed E-state index contributed by atoms with van der Waals surface area (Å²) in [5.74, 6) is 0.848. The summed E-state index contributed by atoms with van der Waals surface area (Å²) in [5, 5.41) is 13.0. The van der Waals surface area contributed by atoms with Crippen LogP contribution in [0, 0.1) is 5.92 Å². The standard InChI is InChI=1S/C20H21BrN4O4S/c1-11(2)7-22-19-23-8-12(9-24-19)10-29-16-4-13(14(21)6-15(16)26)5-17-18(27)25(3)20(28)30-17/h4-6,8-9,11,26H,7,10H2,1-3H3,(H,22,23,24)/b17-5-. The number of hydrogen-bond donors (Lipinski definition) is 2. The number of nitrogens with one attached hydrogen (secondary N) is 1. The highest BCUT2D eigenvalue weighted by atomic mass is 79.9. The number of rotatable bonds is 7. The number of anilines is 1. The maximum absolute atomic E-state index is 12.1. The summed E-state index contributed by atoms with van der Waals surface area (Å²) in [4.78, 5) is 33.6. The summed E-state index contributed by atoms with van der Waals surface area (Å²) in [5.41, 5.74) is 1.34. The lowest BCUT2D eigenvalue weighted by atomic mass is 10.2. The number of thioether (sulfide) groups is 1. The third kappa shape index (κ3) is 5.31. The minimum Gasteiger partial charge on any atom is -0.504 e. The molecule has 2 amide bonds. The number of hydrogen-bond acceptors (Lipinski definition) is 8. The van der Waals surface area contributed by atoms with E-state index in [1.165, 1.54) is 13.1 Å². The predicted octanol–water partition coefficient (Wildman–Crippen LogP) is 4.26. The smallest absolute Gasteiger partial charge is 0.293 e. The molecule has 2 heterocycles. The number of carbonyl (C=O) groups is 2. The minimum absolute atomic E-state index is 0.0567. The Balaban J connectivity index is 1.72. The molecule has 10 heteroatoms. The number of ether oxygens (including phenoxy) is 1. The van der Waals surface area contributed by atoms with Crippen LogP contribution in [0.25, 0.3) is 6.08 Å². The van der Waals surface area contributed by atoms with Crippen molar-refractivity contribution in [1.29, 1.82) is 0 Å². The van der Waals surface area contributed by atoms with Crippen molar-refractivity contribution in [2.45, 2.75) is 20.5 Å². The summed E-state index contributed by atoms with van der Waals surface area (Å²) >= 11 is 4.23. The van der Waals surface area contributed by atoms with Crippen molar-refractivity contribution in [1.82, 2.24) is 14.9 Å². The van der Waals surface area contributed by atoms with Gasteiger partial charge in [0.05, 0.1) is 4.91 Å². The largest absolute Gasteiger partial charge is 0.504 e. The van der Waals surface area contributed by atoms with E-state index < -0.39 is 0 Å². The molecule has 1 aliphatic heterocycles. The van der Waals surface area contributed by atoms with Crippen LogP contribution in [-0.4, -0.2) is 44.7 Å². The van der Waals surface area contributed by atoms with Gasteiger partial charge in [-0.3, -0.25) is 14.5 Å². The van der Waals surface area contributed by atoms with E-state index in [9.17, 15) is 14.7 Å². The molecule has 2 N–H and O–H groups in total. The van der Waals surface area contributed by atoms with Gasteiger partial charge < -0.3 is 15.2 Å². The zero-order valence-corrected chi connectivity index (χ0v) is 19.1. The molecule has 1 saturated heterocycles. The van der Waals surface area contributed by atoms with Gasteiger partial charge in [-0.2, -0.15) is 0 Å². The molecule has 0 unspecified atom stereocenters. The number of imide groups is 1. The normalized spacial score (nSPS) is 15.4. The molecule has 0 radical (unpaired) electrons. The van der Waals surface area contributed by atoms with E-state index >= 15 is 0 Å². The second-order valence-electron chi connectivity index (χ2n) is 7.06. The van der Waals surface area contributed by atoms with Gasteiger partial charge in [0, 0.05) is 36.0 Å². The molecule has 1 fully saturated rings. The SMILES string of the molecule is CC(C)CNc1ncc(COc2cc(/C=C3\SC(=O)N(C)C3=O)c(Br)cc2O)cn1. The number of phenolic OH excluding ortho intramolecular Hbond substituents is 1. The molecule has 0 atom stereocenters. The third-order valence-electron chi connectivity index (χ3n) is 4.12. The van der Waals surface area contributed by atoms with E-state index in [-0.39, 0.29) is 29.3 Å². The van der Waals surface area contributed by atoms with Gasteiger partial charge in [0.25, 0.3) is 11.1 Å². The molecule has 0 spiro atoms. The number of halogens is 1. The first-order valence-electron chi connectivity index (χ1n) is 9.16. The van der Waals surface area contributed by atoms with Crippen molar-refractivity contribution in [2.24, 2.45) is 5.92 Å². The van der Waals surface area contributed by atoms with Crippen LogP contribution in [-0.2, 0) is 11.4 Å². The molecule has 8 nitrogen and oxygen atoms in total. The fraction of sp³-hybridized carbons (Fsp3) is 0.300. The van der Waals surface area contributed by atoms with Crippen LogP contribution < -0.4 is 10.1 Å². The lowest BCUT2D eigenvalue weighted by Crippen LogP contribution is -2.22. The highest BCUT2D eigenvalue weighted by Crippen LogP contribution is 2.37. The Bertz CT molecular complexity index is 995. The zero-order valence-electron chi connectivity index (χ0n) is 16.7. The number of aromatic hydroxyl groups is 1. The van der Waals surface area contributed by atoms with E-state index in [1.807, 2.05) is 0 Å². The van der Waals surface area contributed by atoms with Crippen molar-refractivity contribution in [2.75, 3.05) is 18.9 Å². The maximum Gasteiger partial charge on any atom is 0.293 e. The van der Waals surface area contributed by atoms with Gasteiger partial charge in [0.1, 0.15) is 6.61 Å². The van der Waals surface area contributed by atoms with Gasteiger partial charge in [-0.1, -0.05) is 29.8 Å². The first-order chi connectivity index (χ1) is 14.2. The number of amides is 2. The van der Waals surface area contributed by atoms with Crippen LogP contribution in [0.5, 0.6) is 11.5 Å². The predicted molar refractivity (Wildman–Crippen MR) is 119 cm³/mol. The molecule has 0 aliphatic carbocycles. The monoisotopic (exact) mass is 492 g/mol. The van der Waals surface area contributed by atoms with E-state index in [0.29, 0.717) is 26.8 Å². The topological polar surface area (TPSA) is 105 Å². The lowest BCUT2D eigenvalue weighted by molar-refractivity contribution is -0.121. The molecule has 1 aliphatic rings. The molecule has 0 bridgehead atoms. The van der Waals surface area contributed by atoms with Gasteiger partial charge in [-0.05, 0) is 41.5 Å². The summed E-state index contributed by atoms with van der Waals surface area (Å²) in [7, 11) is 1.44. The van der Waals surface area contributed by atoms with Crippen LogP contribution in [0.2, 0.25) is 0 Å². The number of likely N-dealkylation sites (N-methyl/N-ethyl adjacent to an activating group) is 1. The van der Waals surface area contributed by atoms with Crippen molar-refractivity contribution in [3.8, 4) is 11.5 Å². The summed E-state index contributed by atoms with van der Waals surface area (Å²) in [6, 6.07) is 3.08. The van der Waals surface area contributed by atoms with Gasteiger partial charge in [0.15, 0.2) is 11.5 Å². The first-order valence-corrected chi connectivity index (χ1v) is 10.8. The Morgan fingerprint density at radius 1 is 1.30 bits per heavy atom. The number of phenols is 1. The summed E-state index contributed by atoms with van der Waals surface area (Å²) in [6.07, 6.45) is 4.90. The molecule has 0 saturated carbocycles. The van der Waals surface area contributed by atoms with Gasteiger partial charge in [-0.25, -0.2) is 9.97 Å². The number of nitrogens with zero attached hydrogens (tertiary/aromatic N) is 3. The van der Waals surface area contributed by atoms with E-state index in [2.05, 4.69) is 45.1 Å². The Labute approximate surface area is 186 Å². The minimum atomic E-state index is -0.365. The fourth-order valence-electron chi connectivity index (χ4n) is 2.45. The molecular formula is C20H21BrN4O4S. The maximum atomic E-state index is 12.1. The Morgan fingerprint density at radius 3 is 2.60 bits per heavy atom. The number of carbonyl (C=O) groups excluding carboxylic acids is 2. The Kier molecular flexibility index (Phi) is 6.99. The first kappa shape index (κ1) is 22.1. The average molecular weight is 493 g/mol. The Hall–Kier alpha value is -2.59. The second kappa shape index (κ2) is 9.48.